The zero-order chi connectivity index (χ0) is 11.1. The molecule has 3 nitrogen and oxygen atoms in total. The van der Waals surface area contributed by atoms with Crippen molar-refractivity contribution in [3.63, 3.8) is 0 Å². The number of nitrogens with one attached hydrogen (secondary N) is 1. The van der Waals surface area contributed by atoms with Crippen LogP contribution in [0.25, 0.3) is 0 Å². The molecule has 3 heteroatoms. The molecule has 0 aliphatic rings. The van der Waals surface area contributed by atoms with E-state index in [9.17, 15) is 4.79 Å². The van der Waals surface area contributed by atoms with E-state index in [1.807, 2.05) is 6.07 Å². The van der Waals surface area contributed by atoms with Crippen molar-refractivity contribution in [3.8, 4) is 17.9 Å². The minimum Gasteiger partial charge on any atom is -0.355 e. The fourth-order valence-corrected chi connectivity index (χ4v) is 1.04. The highest BCUT2D eigenvalue weighted by atomic mass is 16.1. The highest BCUT2D eigenvalue weighted by Crippen LogP contribution is 2.02. The molecule has 0 unspecified atom stereocenters. The lowest BCUT2D eigenvalue weighted by molar-refractivity contribution is 0.0963. The number of carbonyl (C=O) groups is 1. The van der Waals surface area contributed by atoms with E-state index in [-0.39, 0.29) is 12.3 Å². The first-order chi connectivity index (χ1) is 7.27. The number of carbonyl (C=O) groups excluding carboxylic acids is 1. The second kappa shape index (κ2) is 5.47. The molecule has 1 aromatic carbocycles. The van der Waals surface area contributed by atoms with Gasteiger partial charge in [0.1, 0.15) is 0 Å². The Balaban J connectivity index is 2.79. The minimum absolute atomic E-state index is 0.119. The third-order valence-electron chi connectivity index (χ3n) is 1.77. The third-order valence-corrected chi connectivity index (χ3v) is 1.77. The van der Waals surface area contributed by atoms with E-state index in [4.69, 9.17) is 5.26 Å². The van der Waals surface area contributed by atoms with Gasteiger partial charge in [-0.15, -0.1) is 0 Å². The second-order valence-electron chi connectivity index (χ2n) is 2.79. The predicted molar refractivity (Wildman–Crippen MR) is 56.9 cm³/mol. The summed E-state index contributed by atoms with van der Waals surface area (Å²) in [7, 11) is 1.59. The molecule has 1 amide bonds. The average Bonchev–Trinajstić information content (AvgIpc) is 2.29. The summed E-state index contributed by atoms with van der Waals surface area (Å²) in [5, 5.41) is 10.8. The molecule has 0 aromatic heterocycles. The summed E-state index contributed by atoms with van der Waals surface area (Å²) < 4.78 is 0. The third kappa shape index (κ3) is 3.17. The van der Waals surface area contributed by atoms with Crippen LogP contribution in [-0.4, -0.2) is 13.0 Å². The summed E-state index contributed by atoms with van der Waals surface area (Å²) >= 11 is 0. The van der Waals surface area contributed by atoms with Crippen molar-refractivity contribution < 1.29 is 4.79 Å². The fraction of sp³-hybridized carbons (Fsp3) is 0.167. The summed E-state index contributed by atoms with van der Waals surface area (Å²) in [6, 6.07) is 8.86. The Bertz CT molecular complexity index is 443. The van der Waals surface area contributed by atoms with E-state index in [0.29, 0.717) is 5.56 Å². The molecular formula is C12H10N2O. The van der Waals surface area contributed by atoms with Crippen LogP contribution >= 0.6 is 0 Å². The first-order valence-electron chi connectivity index (χ1n) is 4.46. The summed E-state index contributed by atoms with van der Waals surface area (Å²) in [5.74, 6) is 5.41. The average molecular weight is 198 g/mol. The lowest BCUT2D eigenvalue weighted by atomic mass is 10.1. The van der Waals surface area contributed by atoms with Gasteiger partial charge < -0.3 is 5.32 Å². The van der Waals surface area contributed by atoms with Crippen LogP contribution in [0.3, 0.4) is 0 Å². The Morgan fingerprint density at radius 2 is 2.07 bits per heavy atom. The molecule has 0 fully saturated rings. The molecule has 0 atom stereocenters. The van der Waals surface area contributed by atoms with E-state index in [1.165, 1.54) is 0 Å². The molecule has 0 spiro atoms. The van der Waals surface area contributed by atoms with Gasteiger partial charge in [0, 0.05) is 18.2 Å². The Kier molecular flexibility index (Phi) is 3.94. The van der Waals surface area contributed by atoms with Gasteiger partial charge in [-0.25, -0.2) is 0 Å². The van der Waals surface area contributed by atoms with Crippen LogP contribution in [0.5, 0.6) is 0 Å². The quantitative estimate of drug-likeness (QED) is 0.692. The lowest BCUT2D eigenvalue weighted by Crippen LogP contribution is -2.17. The molecule has 0 aliphatic heterocycles. The number of nitriles is 1. The van der Waals surface area contributed by atoms with Crippen LogP contribution in [0.2, 0.25) is 0 Å². The van der Waals surface area contributed by atoms with Crippen LogP contribution in [0.1, 0.15) is 22.3 Å². The van der Waals surface area contributed by atoms with Crippen molar-refractivity contribution in [2.45, 2.75) is 6.42 Å². The molecule has 0 bridgehead atoms. The van der Waals surface area contributed by atoms with E-state index < -0.39 is 0 Å². The van der Waals surface area contributed by atoms with Crippen molar-refractivity contribution in [3.05, 3.63) is 35.4 Å². The number of rotatable bonds is 1. The van der Waals surface area contributed by atoms with Gasteiger partial charge in [-0.05, 0) is 24.3 Å². The van der Waals surface area contributed by atoms with Crippen molar-refractivity contribution in [1.82, 2.24) is 5.32 Å². The highest BCUT2D eigenvalue weighted by molar-refractivity contribution is 5.94. The van der Waals surface area contributed by atoms with Gasteiger partial charge in [-0.1, -0.05) is 11.8 Å². The van der Waals surface area contributed by atoms with Gasteiger partial charge >= 0.3 is 0 Å². The van der Waals surface area contributed by atoms with E-state index in [1.54, 1.807) is 31.3 Å². The smallest absolute Gasteiger partial charge is 0.251 e. The van der Waals surface area contributed by atoms with Crippen LogP contribution in [-0.2, 0) is 0 Å². The summed E-state index contributed by atoms with van der Waals surface area (Å²) in [6.45, 7) is 0. The van der Waals surface area contributed by atoms with E-state index in [2.05, 4.69) is 17.2 Å². The molecule has 1 rings (SSSR count). The summed E-state index contributed by atoms with van der Waals surface area (Å²) in [6.07, 6.45) is 0.219. The van der Waals surface area contributed by atoms with Gasteiger partial charge in [0.2, 0.25) is 0 Å². The molecule has 74 valence electrons. The summed E-state index contributed by atoms with van der Waals surface area (Å²) in [5.41, 5.74) is 1.40. The Morgan fingerprint density at radius 3 is 2.60 bits per heavy atom. The minimum atomic E-state index is -0.119. The molecule has 0 saturated heterocycles. The maximum absolute atomic E-state index is 11.2. The predicted octanol–water partition coefficient (Wildman–Crippen LogP) is 1.31. The molecular weight excluding hydrogens is 188 g/mol. The van der Waals surface area contributed by atoms with E-state index >= 15 is 0 Å². The normalized spacial score (nSPS) is 8.27. The Morgan fingerprint density at radius 1 is 1.40 bits per heavy atom. The van der Waals surface area contributed by atoms with Crippen LogP contribution in [0, 0.1) is 23.2 Å². The van der Waals surface area contributed by atoms with Gasteiger partial charge in [0.25, 0.3) is 5.91 Å². The van der Waals surface area contributed by atoms with Crippen molar-refractivity contribution in [2.75, 3.05) is 7.05 Å². The lowest BCUT2D eigenvalue weighted by Gasteiger charge is -1.98. The zero-order valence-electron chi connectivity index (χ0n) is 8.37. The highest BCUT2D eigenvalue weighted by Gasteiger charge is 2.00. The molecule has 0 radical (unpaired) electrons. The Hall–Kier alpha value is -2.26. The SMILES string of the molecule is CNC(=O)c1ccc(C#CCC#N)cc1. The standard InChI is InChI=1S/C12H10N2O/c1-14-12(15)11-7-5-10(6-8-11)4-2-3-9-13/h5-8H,3H2,1H3,(H,14,15). The van der Waals surface area contributed by atoms with Crippen molar-refractivity contribution in [1.29, 1.82) is 5.26 Å². The molecule has 0 heterocycles. The number of hydrogen-bond donors (Lipinski definition) is 1. The molecule has 0 saturated carbocycles. The first-order valence-corrected chi connectivity index (χ1v) is 4.46. The molecule has 15 heavy (non-hydrogen) atoms. The summed E-state index contributed by atoms with van der Waals surface area (Å²) in [4.78, 5) is 11.2. The van der Waals surface area contributed by atoms with Crippen molar-refractivity contribution in [2.24, 2.45) is 0 Å². The molecule has 1 N–H and O–H groups in total. The number of benzene rings is 1. The molecule has 0 aliphatic carbocycles. The number of hydrogen-bond acceptors (Lipinski definition) is 2. The van der Waals surface area contributed by atoms with Crippen LogP contribution in [0.15, 0.2) is 24.3 Å². The molecule has 1 aromatic rings. The number of nitrogens with zero attached hydrogens (tertiary/aromatic N) is 1. The number of amides is 1. The zero-order valence-corrected chi connectivity index (χ0v) is 8.37. The largest absolute Gasteiger partial charge is 0.355 e. The van der Waals surface area contributed by atoms with Crippen LogP contribution in [0.4, 0.5) is 0 Å². The maximum Gasteiger partial charge on any atom is 0.251 e. The van der Waals surface area contributed by atoms with E-state index in [0.717, 1.165) is 5.56 Å². The first kappa shape index (κ1) is 10.8. The van der Waals surface area contributed by atoms with Crippen LogP contribution < -0.4 is 5.32 Å². The van der Waals surface area contributed by atoms with Gasteiger partial charge in [0.15, 0.2) is 0 Å². The topological polar surface area (TPSA) is 52.9 Å². The van der Waals surface area contributed by atoms with Gasteiger partial charge in [-0.3, -0.25) is 4.79 Å². The maximum atomic E-state index is 11.2. The Labute approximate surface area is 88.7 Å². The fourth-order valence-electron chi connectivity index (χ4n) is 1.04. The van der Waals surface area contributed by atoms with Crippen molar-refractivity contribution >= 4 is 5.91 Å². The van der Waals surface area contributed by atoms with Gasteiger partial charge in [0.05, 0.1) is 12.5 Å². The second-order valence-corrected chi connectivity index (χ2v) is 2.79. The monoisotopic (exact) mass is 198 g/mol. The van der Waals surface area contributed by atoms with Gasteiger partial charge in [-0.2, -0.15) is 5.26 Å².